The van der Waals surface area contributed by atoms with Crippen LogP contribution >= 0.6 is 11.8 Å². The van der Waals surface area contributed by atoms with Crippen LogP contribution in [0.5, 0.6) is 17.2 Å². The van der Waals surface area contributed by atoms with Crippen molar-refractivity contribution in [1.82, 2.24) is 20.1 Å². The number of benzene rings is 1. The number of hydrogen-bond donors (Lipinski definition) is 1. The number of carbonyl (C=O) groups excluding carboxylic acids is 1. The second-order valence-corrected chi connectivity index (χ2v) is 6.34. The number of nitrogens with zero attached hydrogens (tertiary/aromatic N) is 3. The molecule has 1 N–H and O–H groups in total. The highest BCUT2D eigenvalue weighted by atomic mass is 32.2. The summed E-state index contributed by atoms with van der Waals surface area (Å²) >= 11 is 1.35. The molecular formula is C17H24N4O4S. The molecule has 0 aliphatic rings. The fourth-order valence-electron chi connectivity index (χ4n) is 2.38. The minimum Gasteiger partial charge on any atom is -0.496 e. The number of nitrogens with one attached hydrogen (secondary N) is 1. The molecule has 0 bridgehead atoms. The first-order valence-electron chi connectivity index (χ1n) is 8.10. The number of thioether (sulfide) groups is 1. The summed E-state index contributed by atoms with van der Waals surface area (Å²) in [4.78, 5) is 12.2. The molecule has 8 nitrogen and oxygen atoms in total. The van der Waals surface area contributed by atoms with Crippen molar-refractivity contribution in [3.8, 4) is 17.2 Å². The van der Waals surface area contributed by atoms with Crippen molar-refractivity contribution < 1.29 is 19.0 Å². The van der Waals surface area contributed by atoms with E-state index in [4.69, 9.17) is 14.2 Å². The van der Waals surface area contributed by atoms with Gasteiger partial charge in [-0.05, 0) is 6.07 Å². The molecule has 0 radical (unpaired) electrons. The molecule has 0 aliphatic heterocycles. The number of hydrogen-bond acceptors (Lipinski definition) is 7. The van der Waals surface area contributed by atoms with Crippen LogP contribution in [0, 0.1) is 0 Å². The van der Waals surface area contributed by atoms with E-state index in [1.807, 2.05) is 18.5 Å². The van der Waals surface area contributed by atoms with Crippen LogP contribution < -0.4 is 19.5 Å². The molecule has 0 unspecified atom stereocenters. The predicted octanol–water partition coefficient (Wildman–Crippen LogP) is 1.81. The molecule has 0 fully saturated rings. The quantitative estimate of drug-likeness (QED) is 0.664. The average molecular weight is 380 g/mol. The lowest BCUT2D eigenvalue weighted by Gasteiger charge is -2.14. The zero-order chi connectivity index (χ0) is 19.1. The van der Waals surface area contributed by atoms with Gasteiger partial charge in [0.1, 0.15) is 11.6 Å². The minimum absolute atomic E-state index is 0.104. The number of aryl methyl sites for hydroxylation is 1. The molecule has 9 heteroatoms. The van der Waals surface area contributed by atoms with E-state index in [-0.39, 0.29) is 11.7 Å². The minimum atomic E-state index is -0.104. The third-order valence-corrected chi connectivity index (χ3v) is 4.86. The van der Waals surface area contributed by atoms with Crippen LogP contribution in [0.4, 0.5) is 0 Å². The first-order chi connectivity index (χ1) is 12.5. The summed E-state index contributed by atoms with van der Waals surface area (Å²) in [7, 11) is 6.59. The van der Waals surface area contributed by atoms with E-state index in [0.29, 0.717) is 23.8 Å². The molecule has 1 aromatic carbocycles. The Morgan fingerprint density at radius 1 is 1.12 bits per heavy atom. The summed E-state index contributed by atoms with van der Waals surface area (Å²) in [6.45, 7) is 2.34. The van der Waals surface area contributed by atoms with Gasteiger partial charge < -0.3 is 24.1 Å². The van der Waals surface area contributed by atoms with E-state index in [1.165, 1.54) is 11.8 Å². The van der Waals surface area contributed by atoms with Crippen LogP contribution in [0.25, 0.3) is 0 Å². The fourth-order valence-corrected chi connectivity index (χ4v) is 3.14. The van der Waals surface area contributed by atoms with Crippen molar-refractivity contribution in [2.24, 2.45) is 7.05 Å². The molecule has 0 spiro atoms. The number of ether oxygens (including phenoxy) is 3. The van der Waals surface area contributed by atoms with Crippen molar-refractivity contribution in [2.75, 3.05) is 27.1 Å². The molecule has 142 valence electrons. The van der Waals surface area contributed by atoms with Crippen LogP contribution in [0.3, 0.4) is 0 Å². The number of carbonyl (C=O) groups is 1. The highest BCUT2D eigenvalue weighted by molar-refractivity contribution is 7.99. The van der Waals surface area contributed by atoms with Gasteiger partial charge in [-0.25, -0.2) is 0 Å². The molecule has 0 aliphatic carbocycles. The SMILES string of the molecule is CCc1nnc(SCC(=O)NCc2cc(OC)c(OC)cc2OC)n1C. The van der Waals surface area contributed by atoms with Gasteiger partial charge in [-0.15, -0.1) is 10.2 Å². The van der Waals surface area contributed by atoms with Crippen LogP contribution in [0.15, 0.2) is 17.3 Å². The Bertz CT molecular complexity index is 763. The Balaban J connectivity index is 1.97. The van der Waals surface area contributed by atoms with Crippen molar-refractivity contribution >= 4 is 17.7 Å². The van der Waals surface area contributed by atoms with Gasteiger partial charge in [-0.3, -0.25) is 4.79 Å². The van der Waals surface area contributed by atoms with E-state index in [2.05, 4.69) is 15.5 Å². The number of methoxy groups -OCH3 is 3. The monoisotopic (exact) mass is 380 g/mol. The van der Waals surface area contributed by atoms with Gasteiger partial charge >= 0.3 is 0 Å². The first-order valence-corrected chi connectivity index (χ1v) is 9.09. The van der Waals surface area contributed by atoms with Gasteiger partial charge in [0.25, 0.3) is 0 Å². The predicted molar refractivity (Wildman–Crippen MR) is 99.0 cm³/mol. The van der Waals surface area contributed by atoms with Crippen molar-refractivity contribution in [3.63, 3.8) is 0 Å². The molecule has 0 saturated carbocycles. The Morgan fingerprint density at radius 3 is 2.35 bits per heavy atom. The Kier molecular flexibility index (Phi) is 7.14. The second kappa shape index (κ2) is 9.33. The molecule has 2 aromatic rings. The Labute approximate surface area is 157 Å². The highest BCUT2D eigenvalue weighted by Crippen LogP contribution is 2.34. The van der Waals surface area contributed by atoms with Crippen molar-refractivity contribution in [3.05, 3.63) is 23.5 Å². The third kappa shape index (κ3) is 4.60. The van der Waals surface area contributed by atoms with E-state index in [0.717, 1.165) is 23.0 Å². The lowest BCUT2D eigenvalue weighted by atomic mass is 10.1. The maximum absolute atomic E-state index is 12.2. The summed E-state index contributed by atoms with van der Waals surface area (Å²) in [5, 5.41) is 11.8. The largest absolute Gasteiger partial charge is 0.496 e. The van der Waals surface area contributed by atoms with Gasteiger partial charge in [0.15, 0.2) is 16.7 Å². The van der Waals surface area contributed by atoms with Crippen LogP contribution in [-0.2, 0) is 24.8 Å². The van der Waals surface area contributed by atoms with Crippen LogP contribution in [-0.4, -0.2) is 47.8 Å². The molecule has 1 aromatic heterocycles. The molecule has 26 heavy (non-hydrogen) atoms. The number of amides is 1. The lowest BCUT2D eigenvalue weighted by Crippen LogP contribution is -2.25. The van der Waals surface area contributed by atoms with Crippen molar-refractivity contribution in [2.45, 2.75) is 25.0 Å². The van der Waals surface area contributed by atoms with E-state index in [1.54, 1.807) is 33.5 Å². The van der Waals surface area contributed by atoms with Crippen molar-refractivity contribution in [1.29, 1.82) is 0 Å². The average Bonchev–Trinajstić information content (AvgIpc) is 3.03. The van der Waals surface area contributed by atoms with Gasteiger partial charge in [0.2, 0.25) is 5.91 Å². The summed E-state index contributed by atoms with van der Waals surface area (Å²) in [6, 6.07) is 3.53. The van der Waals surface area contributed by atoms with Crippen LogP contribution in [0.1, 0.15) is 18.3 Å². The molecule has 1 amide bonds. The van der Waals surface area contributed by atoms with E-state index < -0.39 is 0 Å². The molecule has 1 heterocycles. The summed E-state index contributed by atoms with van der Waals surface area (Å²) in [5.41, 5.74) is 0.801. The number of aromatic nitrogens is 3. The standard InChI is InChI=1S/C17H24N4O4S/c1-6-15-19-20-17(21(15)2)26-10-16(22)18-9-11-7-13(24-4)14(25-5)8-12(11)23-3/h7-8H,6,9-10H2,1-5H3,(H,18,22). The topological polar surface area (TPSA) is 87.5 Å². The van der Waals surface area contributed by atoms with Crippen LogP contribution in [0.2, 0.25) is 0 Å². The van der Waals surface area contributed by atoms with Gasteiger partial charge in [0.05, 0.1) is 27.1 Å². The van der Waals surface area contributed by atoms with Gasteiger partial charge in [-0.1, -0.05) is 18.7 Å². The smallest absolute Gasteiger partial charge is 0.230 e. The summed E-state index contributed by atoms with van der Waals surface area (Å²) in [6.07, 6.45) is 0.801. The molecular weight excluding hydrogens is 356 g/mol. The highest BCUT2D eigenvalue weighted by Gasteiger charge is 2.14. The maximum atomic E-state index is 12.2. The van der Waals surface area contributed by atoms with Gasteiger partial charge in [-0.2, -0.15) is 0 Å². The Hall–Kier alpha value is -2.42. The Morgan fingerprint density at radius 2 is 1.77 bits per heavy atom. The zero-order valence-electron chi connectivity index (χ0n) is 15.7. The van der Waals surface area contributed by atoms with E-state index >= 15 is 0 Å². The molecule has 0 atom stereocenters. The second-order valence-electron chi connectivity index (χ2n) is 5.40. The lowest BCUT2D eigenvalue weighted by molar-refractivity contribution is -0.118. The van der Waals surface area contributed by atoms with E-state index in [9.17, 15) is 4.79 Å². The summed E-state index contributed by atoms with van der Waals surface area (Å²) < 4.78 is 17.8. The third-order valence-electron chi connectivity index (χ3n) is 3.84. The first kappa shape index (κ1) is 19.9. The maximum Gasteiger partial charge on any atom is 0.230 e. The normalized spacial score (nSPS) is 10.5. The van der Waals surface area contributed by atoms with Gasteiger partial charge in [0, 0.05) is 31.6 Å². The molecule has 0 saturated heterocycles. The summed E-state index contributed by atoms with van der Waals surface area (Å²) in [5.74, 6) is 2.82. The zero-order valence-corrected chi connectivity index (χ0v) is 16.5. The molecule has 2 rings (SSSR count). The fraction of sp³-hybridized carbons (Fsp3) is 0.471. The number of rotatable bonds is 9.